The zero-order valence-electron chi connectivity index (χ0n) is 24.1. The molecule has 1 aromatic carbocycles. The first kappa shape index (κ1) is 31.4. The predicted octanol–water partition coefficient (Wildman–Crippen LogP) is 7.86. The highest BCUT2D eigenvalue weighted by Gasteiger charge is 2.60. The highest BCUT2D eigenvalue weighted by molar-refractivity contribution is 6.74. The number of nitrogens with one attached hydrogen (secondary N) is 1. The van der Waals surface area contributed by atoms with Gasteiger partial charge in [0.25, 0.3) is 0 Å². The lowest BCUT2D eigenvalue weighted by atomic mass is 9.78. The van der Waals surface area contributed by atoms with Crippen molar-refractivity contribution in [2.75, 3.05) is 0 Å². The molecule has 210 valence electrons. The molecule has 0 aromatic heterocycles. The van der Waals surface area contributed by atoms with Crippen LogP contribution in [0.4, 0.5) is 4.79 Å². The van der Waals surface area contributed by atoms with Crippen LogP contribution in [0.15, 0.2) is 30.3 Å². The molecule has 1 aliphatic heterocycles. The molecule has 3 atom stereocenters. The molecule has 1 amide bonds. The van der Waals surface area contributed by atoms with Gasteiger partial charge in [-0.3, -0.25) is 0 Å². The Hall–Kier alpha value is -1.86. The molecule has 0 saturated carbocycles. The quantitative estimate of drug-likeness (QED) is 0.121. The van der Waals surface area contributed by atoms with Crippen LogP contribution in [0.5, 0.6) is 0 Å². The summed E-state index contributed by atoms with van der Waals surface area (Å²) in [6.07, 6.45) is 11.2. The molecule has 2 rings (SSSR count). The highest BCUT2D eigenvalue weighted by Crippen LogP contribution is 2.41. The second-order valence-electron chi connectivity index (χ2n) is 12.3. The zero-order chi connectivity index (χ0) is 27.5. The highest BCUT2D eigenvalue weighted by atomic mass is 28.4. The first-order valence-electron chi connectivity index (χ1n) is 14.3. The fourth-order valence-electron chi connectivity index (χ4n) is 4.87. The Morgan fingerprint density at radius 1 is 1.05 bits per heavy atom. The van der Waals surface area contributed by atoms with Crippen molar-refractivity contribution in [1.82, 2.24) is 5.32 Å². The Balaban J connectivity index is 2.07. The standard InChI is InChI=1S/C30H51NO5Si/c1-7-8-9-10-11-12-13-14-18-21-25(36-37(5,6)29(2,3)4)22-26-30(27(32)35-26,31-28(33)34)23-24-19-16-15-17-20-24/h15-17,19-20,25-26,31H,7-14,18,21-23H2,1-6H3,(H,33,34). The molecule has 0 aliphatic carbocycles. The van der Waals surface area contributed by atoms with E-state index in [0.29, 0.717) is 6.42 Å². The van der Waals surface area contributed by atoms with Crippen molar-refractivity contribution < 1.29 is 23.9 Å². The summed E-state index contributed by atoms with van der Waals surface area (Å²) in [7, 11) is -2.06. The van der Waals surface area contributed by atoms with E-state index in [1.54, 1.807) is 0 Å². The Kier molecular flexibility index (Phi) is 12.1. The second-order valence-corrected chi connectivity index (χ2v) is 17.1. The van der Waals surface area contributed by atoms with Gasteiger partial charge in [-0.2, -0.15) is 0 Å². The van der Waals surface area contributed by atoms with Crippen molar-refractivity contribution in [2.24, 2.45) is 0 Å². The van der Waals surface area contributed by atoms with Crippen LogP contribution in [-0.2, 0) is 20.4 Å². The number of amides is 1. The second kappa shape index (κ2) is 14.3. The van der Waals surface area contributed by atoms with Crippen LogP contribution < -0.4 is 5.32 Å². The number of ether oxygens (including phenoxy) is 1. The average Bonchev–Trinajstić information content (AvgIpc) is 2.81. The number of rotatable bonds is 17. The Bertz CT molecular complexity index is 838. The number of cyclic esters (lactones) is 1. The molecular weight excluding hydrogens is 482 g/mol. The molecule has 6 nitrogen and oxygen atoms in total. The molecule has 0 spiro atoms. The average molecular weight is 534 g/mol. The lowest BCUT2D eigenvalue weighted by Crippen LogP contribution is -2.73. The van der Waals surface area contributed by atoms with Crippen LogP contribution in [-0.4, -0.2) is 43.2 Å². The normalized spacial score (nSPS) is 20.7. The van der Waals surface area contributed by atoms with E-state index in [-0.39, 0.29) is 17.6 Å². The topological polar surface area (TPSA) is 84.9 Å². The van der Waals surface area contributed by atoms with Crippen molar-refractivity contribution in [3.05, 3.63) is 35.9 Å². The van der Waals surface area contributed by atoms with Crippen LogP contribution in [0.2, 0.25) is 18.1 Å². The van der Waals surface area contributed by atoms with E-state index >= 15 is 0 Å². The number of esters is 1. The monoisotopic (exact) mass is 533 g/mol. The molecule has 1 aromatic rings. The largest absolute Gasteiger partial charge is 0.465 e. The summed E-state index contributed by atoms with van der Waals surface area (Å²) in [5.41, 5.74) is -0.375. The summed E-state index contributed by atoms with van der Waals surface area (Å²) in [4.78, 5) is 24.5. The Labute approximate surface area is 226 Å². The van der Waals surface area contributed by atoms with Gasteiger partial charge < -0.3 is 19.6 Å². The van der Waals surface area contributed by atoms with E-state index in [9.17, 15) is 14.7 Å². The SMILES string of the molecule is CCCCCCCCCCCC(CC1OC(=O)C1(Cc1ccccc1)NC(=O)O)O[Si](C)(C)C(C)(C)C. The molecule has 0 radical (unpaired) electrons. The van der Waals surface area contributed by atoms with Crippen LogP contribution in [0.3, 0.4) is 0 Å². The van der Waals surface area contributed by atoms with Crippen molar-refractivity contribution in [2.45, 2.75) is 141 Å². The fourth-order valence-corrected chi connectivity index (χ4v) is 6.27. The van der Waals surface area contributed by atoms with Gasteiger partial charge in [-0.15, -0.1) is 0 Å². The maximum atomic E-state index is 12.8. The van der Waals surface area contributed by atoms with Gasteiger partial charge in [0.1, 0.15) is 6.10 Å². The number of carbonyl (C=O) groups excluding carboxylic acids is 1. The molecular formula is C30H51NO5Si. The van der Waals surface area contributed by atoms with E-state index in [1.165, 1.54) is 44.9 Å². The van der Waals surface area contributed by atoms with Crippen molar-refractivity contribution in [1.29, 1.82) is 0 Å². The Morgan fingerprint density at radius 3 is 2.14 bits per heavy atom. The van der Waals surface area contributed by atoms with E-state index in [1.807, 2.05) is 30.3 Å². The third-order valence-electron chi connectivity index (χ3n) is 8.19. The summed E-state index contributed by atoms with van der Waals surface area (Å²) in [6, 6.07) is 9.54. The lowest BCUT2D eigenvalue weighted by molar-refractivity contribution is -0.196. The number of benzene rings is 1. The van der Waals surface area contributed by atoms with Crippen LogP contribution in [0.25, 0.3) is 0 Å². The lowest BCUT2D eigenvalue weighted by Gasteiger charge is -2.48. The van der Waals surface area contributed by atoms with E-state index < -0.39 is 32.0 Å². The fraction of sp³-hybridized carbons (Fsp3) is 0.733. The molecule has 2 N–H and O–H groups in total. The molecule has 37 heavy (non-hydrogen) atoms. The third kappa shape index (κ3) is 9.43. The number of carbonyl (C=O) groups is 2. The van der Waals surface area contributed by atoms with Gasteiger partial charge in [0.15, 0.2) is 13.9 Å². The van der Waals surface area contributed by atoms with E-state index in [2.05, 4.69) is 46.1 Å². The maximum absolute atomic E-state index is 12.8. The van der Waals surface area contributed by atoms with Crippen LogP contribution in [0, 0.1) is 0 Å². The van der Waals surface area contributed by atoms with Crippen LogP contribution >= 0.6 is 0 Å². The smallest absolute Gasteiger partial charge is 0.405 e. The first-order chi connectivity index (χ1) is 17.4. The summed E-state index contributed by atoms with van der Waals surface area (Å²) < 4.78 is 12.5. The molecule has 1 saturated heterocycles. The van der Waals surface area contributed by atoms with Crippen molar-refractivity contribution >= 4 is 20.4 Å². The van der Waals surface area contributed by atoms with Gasteiger partial charge in [0.2, 0.25) is 0 Å². The van der Waals surface area contributed by atoms with E-state index in [4.69, 9.17) is 9.16 Å². The van der Waals surface area contributed by atoms with Gasteiger partial charge in [-0.1, -0.05) is 116 Å². The molecule has 1 fully saturated rings. The molecule has 3 unspecified atom stereocenters. The van der Waals surface area contributed by atoms with Gasteiger partial charge in [-0.25, -0.2) is 9.59 Å². The van der Waals surface area contributed by atoms with Crippen molar-refractivity contribution in [3.63, 3.8) is 0 Å². The van der Waals surface area contributed by atoms with Gasteiger partial charge >= 0.3 is 12.1 Å². The summed E-state index contributed by atoms with van der Waals surface area (Å²) in [6.45, 7) is 13.4. The molecule has 7 heteroatoms. The summed E-state index contributed by atoms with van der Waals surface area (Å²) >= 11 is 0. The molecule has 1 aliphatic rings. The van der Waals surface area contributed by atoms with Gasteiger partial charge in [0, 0.05) is 18.9 Å². The number of hydrogen-bond acceptors (Lipinski definition) is 4. The predicted molar refractivity (Wildman–Crippen MR) is 152 cm³/mol. The summed E-state index contributed by atoms with van der Waals surface area (Å²) in [5.74, 6) is -0.502. The molecule has 0 bridgehead atoms. The number of unbranched alkanes of at least 4 members (excludes halogenated alkanes) is 8. The summed E-state index contributed by atoms with van der Waals surface area (Å²) in [5, 5.41) is 12.2. The van der Waals surface area contributed by atoms with Gasteiger partial charge in [-0.05, 0) is 30.1 Å². The Morgan fingerprint density at radius 2 is 1.62 bits per heavy atom. The minimum absolute atomic E-state index is 0.0560. The van der Waals surface area contributed by atoms with Crippen LogP contribution in [0.1, 0.15) is 104 Å². The van der Waals surface area contributed by atoms with Gasteiger partial charge in [0.05, 0.1) is 0 Å². The molecule has 1 heterocycles. The zero-order valence-corrected chi connectivity index (χ0v) is 25.1. The number of hydrogen-bond donors (Lipinski definition) is 2. The third-order valence-corrected chi connectivity index (χ3v) is 12.7. The maximum Gasteiger partial charge on any atom is 0.405 e. The number of carboxylic acid groups (broad SMARTS) is 1. The minimum Gasteiger partial charge on any atom is -0.465 e. The first-order valence-corrected chi connectivity index (χ1v) is 17.3. The van der Waals surface area contributed by atoms with Crippen molar-refractivity contribution in [3.8, 4) is 0 Å². The minimum atomic E-state index is -2.06. The van der Waals surface area contributed by atoms with E-state index in [0.717, 1.165) is 24.8 Å².